The molecule has 0 spiro atoms. The molecule has 4 N–H and O–H groups in total. The predicted octanol–water partition coefficient (Wildman–Crippen LogP) is 0.450. The van der Waals surface area contributed by atoms with Gasteiger partial charge in [0, 0.05) is 93.1 Å². The van der Waals surface area contributed by atoms with Crippen molar-refractivity contribution in [2.24, 2.45) is 0 Å². The van der Waals surface area contributed by atoms with E-state index in [9.17, 15) is 10.2 Å². The fourth-order valence-electron chi connectivity index (χ4n) is 6.30. The Bertz CT molecular complexity index is 1040. The average Bonchev–Trinajstić information content (AvgIpc) is 3.42. The van der Waals surface area contributed by atoms with Crippen LogP contribution in [0.1, 0.15) is 26.7 Å². The first-order valence-corrected chi connectivity index (χ1v) is 30.3. The minimum absolute atomic E-state index is 0.0735. The number of hydrogen-bond acceptors (Lipinski definition) is 25. The van der Waals surface area contributed by atoms with Crippen molar-refractivity contribution in [3.05, 3.63) is 0 Å². The highest BCUT2D eigenvalue weighted by atomic mass is 28.4. The molecule has 0 bridgehead atoms. The number of aliphatic hydroxyl groups is 2. The van der Waals surface area contributed by atoms with Gasteiger partial charge in [0.15, 0.2) is 0 Å². The van der Waals surface area contributed by atoms with E-state index in [1.54, 1.807) is 42.7 Å². The molecule has 27 heteroatoms. The molecule has 0 saturated heterocycles. The van der Waals surface area contributed by atoms with Gasteiger partial charge >= 0.3 is 17.6 Å². The summed E-state index contributed by atoms with van der Waals surface area (Å²) >= 11 is 0. The average molecular weight is 1130 g/mol. The summed E-state index contributed by atoms with van der Waals surface area (Å²) in [6.07, 6.45) is 0.210. The molecule has 0 rings (SSSR count). The third-order valence-corrected chi connectivity index (χ3v) is 16.3. The maximum Gasteiger partial charge on any atom is 0.500 e. The summed E-state index contributed by atoms with van der Waals surface area (Å²) < 4.78 is 116. The first kappa shape index (κ1) is 74.4. The van der Waals surface area contributed by atoms with Crippen LogP contribution in [0.3, 0.4) is 0 Å². The van der Waals surface area contributed by atoms with E-state index >= 15 is 0 Å². The largest absolute Gasteiger partial charge is 0.500 e. The van der Waals surface area contributed by atoms with Gasteiger partial charge in [0.2, 0.25) is 0 Å². The van der Waals surface area contributed by atoms with Crippen LogP contribution in [0.2, 0.25) is 12.1 Å². The van der Waals surface area contributed by atoms with Gasteiger partial charge in [-0.05, 0) is 26.7 Å². The van der Waals surface area contributed by atoms with Crippen LogP contribution in [0.25, 0.3) is 0 Å². The fourth-order valence-corrected chi connectivity index (χ4v) is 9.68. The van der Waals surface area contributed by atoms with Gasteiger partial charge < -0.3 is 118 Å². The summed E-state index contributed by atoms with van der Waals surface area (Å²) in [5.41, 5.74) is 0. The number of rotatable bonds is 64. The van der Waals surface area contributed by atoms with Crippen molar-refractivity contribution < 1.29 is 108 Å². The lowest BCUT2D eigenvalue weighted by Crippen LogP contribution is -2.42. The van der Waals surface area contributed by atoms with Gasteiger partial charge in [0.05, 0.1) is 197 Å². The van der Waals surface area contributed by atoms with Gasteiger partial charge in [0.25, 0.3) is 0 Å². The van der Waals surface area contributed by atoms with Crippen LogP contribution in [0, 0.1) is 0 Å². The van der Waals surface area contributed by atoms with Crippen molar-refractivity contribution in [1.82, 2.24) is 10.6 Å². The molecule has 4 atom stereocenters. The minimum Gasteiger partial charge on any atom is -0.389 e. The van der Waals surface area contributed by atoms with E-state index in [2.05, 4.69) is 10.6 Å². The molecule has 25 nitrogen and oxygen atoms in total. The molecule has 452 valence electrons. The summed E-state index contributed by atoms with van der Waals surface area (Å²) in [5, 5.41) is 26.8. The molecule has 0 aliphatic heterocycles. The van der Waals surface area contributed by atoms with E-state index in [1.165, 1.54) is 0 Å². The third kappa shape index (κ3) is 49.0. The van der Waals surface area contributed by atoms with Crippen LogP contribution >= 0.6 is 0 Å². The van der Waals surface area contributed by atoms with Gasteiger partial charge in [-0.1, -0.05) is 0 Å². The monoisotopic (exact) mass is 1130 g/mol. The Kier molecular flexibility index (Phi) is 56.3. The van der Waals surface area contributed by atoms with Crippen LogP contribution in [0.4, 0.5) is 0 Å². The molecular formula is C48H104N2O23Si2. The zero-order valence-electron chi connectivity index (χ0n) is 47.2. The molecule has 4 unspecified atom stereocenters. The van der Waals surface area contributed by atoms with Gasteiger partial charge in [-0.3, -0.25) is 0 Å². The van der Waals surface area contributed by atoms with Crippen molar-refractivity contribution in [2.75, 3.05) is 254 Å². The van der Waals surface area contributed by atoms with Crippen molar-refractivity contribution in [3.8, 4) is 0 Å². The van der Waals surface area contributed by atoms with Crippen LogP contribution in [0.5, 0.6) is 0 Å². The molecule has 0 aliphatic rings. The van der Waals surface area contributed by atoms with E-state index in [1.807, 2.05) is 13.8 Å². The number of hydrogen-bond donors (Lipinski definition) is 4. The van der Waals surface area contributed by atoms with Crippen molar-refractivity contribution in [1.29, 1.82) is 0 Å². The summed E-state index contributed by atoms with van der Waals surface area (Å²) in [6.45, 7) is 18.7. The Morgan fingerprint density at radius 2 is 0.467 bits per heavy atom. The van der Waals surface area contributed by atoms with Crippen LogP contribution in [0.15, 0.2) is 0 Å². The summed E-state index contributed by atoms with van der Waals surface area (Å²) in [7, 11) is 4.35. The first-order chi connectivity index (χ1) is 36.6. The zero-order valence-corrected chi connectivity index (χ0v) is 49.2. The Morgan fingerprint density at radius 1 is 0.280 bits per heavy atom. The molecular weight excluding hydrogens is 1030 g/mol. The molecule has 0 aromatic carbocycles. The van der Waals surface area contributed by atoms with Crippen LogP contribution in [-0.2, 0) is 97.6 Å². The van der Waals surface area contributed by atoms with Gasteiger partial charge in [-0.25, -0.2) is 0 Å². The quantitative estimate of drug-likeness (QED) is 0.0476. The Balaban J connectivity index is 3.28. The highest BCUT2D eigenvalue weighted by Crippen LogP contribution is 2.16. The first-order valence-electron chi connectivity index (χ1n) is 26.4. The standard InChI is InChI=1S/C48H104N2O23Si2/c1-45(49-39-47(51)43-70-11-9-37-74(53-3,54-4)55-5)41-72-35-33-68-31-29-66-27-25-64-23-21-62-19-17-60-15-13-59-14-16-61-18-20-63-22-24-65-26-28-67-30-32-69-34-36-73-42-46(2)50-40-48(52)44-71-12-10-38-75(56-6,57-7)58-8/h45-52H,9-44H2,1-8H3. The van der Waals surface area contributed by atoms with E-state index in [0.29, 0.717) is 210 Å². The lowest BCUT2D eigenvalue weighted by molar-refractivity contribution is -0.0292. The van der Waals surface area contributed by atoms with Crippen LogP contribution < -0.4 is 10.6 Å². The van der Waals surface area contributed by atoms with Gasteiger partial charge in [-0.2, -0.15) is 0 Å². The topological polar surface area (TPSA) is 258 Å². The second-order valence-corrected chi connectivity index (χ2v) is 22.9. The highest BCUT2D eigenvalue weighted by molar-refractivity contribution is 6.60. The van der Waals surface area contributed by atoms with Gasteiger partial charge in [-0.15, -0.1) is 0 Å². The molecule has 0 fully saturated rings. The summed E-state index contributed by atoms with van der Waals surface area (Å²) in [6, 6.07) is 1.45. The molecule has 0 amide bonds. The lowest BCUT2D eigenvalue weighted by Gasteiger charge is -2.24. The molecule has 0 aromatic rings. The second kappa shape index (κ2) is 56.7. The Morgan fingerprint density at radius 3 is 0.667 bits per heavy atom. The maximum atomic E-state index is 10.2. The number of aliphatic hydroxyl groups excluding tert-OH is 2. The fraction of sp³-hybridized carbons (Fsp3) is 1.00. The highest BCUT2D eigenvalue weighted by Gasteiger charge is 2.37. The number of nitrogens with one attached hydrogen (secondary N) is 2. The third-order valence-electron chi connectivity index (χ3n) is 10.6. The predicted molar refractivity (Wildman–Crippen MR) is 282 cm³/mol. The normalized spacial score (nSPS) is 14.0. The summed E-state index contributed by atoms with van der Waals surface area (Å²) in [4.78, 5) is 0. The van der Waals surface area contributed by atoms with Crippen molar-refractivity contribution in [2.45, 2.75) is 63.1 Å². The van der Waals surface area contributed by atoms with Gasteiger partial charge in [0.1, 0.15) is 0 Å². The Labute approximate surface area is 451 Å². The molecule has 0 radical (unpaired) electrons. The molecule has 0 saturated carbocycles. The lowest BCUT2D eigenvalue weighted by atomic mass is 10.3. The van der Waals surface area contributed by atoms with E-state index in [0.717, 1.165) is 12.8 Å². The summed E-state index contributed by atoms with van der Waals surface area (Å²) in [5.74, 6) is 0. The van der Waals surface area contributed by atoms with Crippen molar-refractivity contribution in [3.63, 3.8) is 0 Å². The Hall–Kier alpha value is -0.566. The second-order valence-electron chi connectivity index (χ2n) is 16.8. The molecule has 0 aromatic heterocycles. The van der Waals surface area contributed by atoms with E-state index in [4.69, 9.17) is 97.6 Å². The van der Waals surface area contributed by atoms with Crippen molar-refractivity contribution >= 4 is 17.6 Å². The zero-order chi connectivity index (χ0) is 55.0. The maximum absolute atomic E-state index is 10.2. The smallest absolute Gasteiger partial charge is 0.389 e. The van der Waals surface area contributed by atoms with Crippen LogP contribution in [-0.4, -0.2) is 306 Å². The number of ether oxygens (including phenoxy) is 15. The molecule has 75 heavy (non-hydrogen) atoms. The molecule has 0 aliphatic carbocycles. The SMILES string of the molecule is CO[Si](CCCOCC(O)CNC(C)COCCOCCOCCOCCOCCOCCOCCOCCOCCOCCOCCOCCOCC(C)NCC(O)COCCC[Si](OC)(OC)OC)(OC)OC. The van der Waals surface area contributed by atoms with E-state index < -0.39 is 29.8 Å². The van der Waals surface area contributed by atoms with E-state index in [-0.39, 0.29) is 25.3 Å². The molecule has 0 heterocycles. The minimum atomic E-state index is -2.59.